The summed E-state index contributed by atoms with van der Waals surface area (Å²) in [5.41, 5.74) is 9.05. The number of carbonyl (C=O) groups excluding carboxylic acids is 1. The molecular weight excluding hydrogens is 536 g/mol. The number of hydrogen-bond donors (Lipinski definition) is 4. The van der Waals surface area contributed by atoms with Crippen molar-refractivity contribution in [3.8, 4) is 0 Å². The highest BCUT2D eigenvalue weighted by Crippen LogP contribution is 2.37. The number of nitrogens with one attached hydrogen (secondary N) is 3. The maximum Gasteiger partial charge on any atom is 0.291 e. The number of aryl methyl sites for hydroxylation is 1. The molecule has 0 spiro atoms. The summed E-state index contributed by atoms with van der Waals surface area (Å²) in [6, 6.07) is 5.76. The van der Waals surface area contributed by atoms with Crippen LogP contribution in [0.5, 0.6) is 0 Å². The molecule has 0 unspecified atom stereocenters. The second-order valence-electron chi connectivity index (χ2n) is 10.1. The number of carbonyl (C=O) groups is 1. The third kappa shape index (κ3) is 5.51. The number of fused-ring (bicyclic) bond motifs is 2. The molecule has 4 aromatic rings. The van der Waals surface area contributed by atoms with E-state index in [2.05, 4.69) is 42.6 Å². The van der Waals surface area contributed by atoms with Crippen molar-refractivity contribution in [2.75, 3.05) is 37.6 Å². The lowest BCUT2D eigenvalue weighted by atomic mass is 9.98. The third-order valence-electron chi connectivity index (χ3n) is 7.35. The van der Waals surface area contributed by atoms with E-state index in [1.807, 2.05) is 18.2 Å². The van der Waals surface area contributed by atoms with E-state index in [1.165, 1.54) is 11.8 Å². The third-order valence-corrected chi connectivity index (χ3v) is 8.62. The Kier molecular flexibility index (Phi) is 7.52. The fourth-order valence-electron chi connectivity index (χ4n) is 5.15. The minimum absolute atomic E-state index is 0.0782. The van der Waals surface area contributed by atoms with Crippen LogP contribution in [0.3, 0.4) is 0 Å². The molecule has 39 heavy (non-hydrogen) atoms. The molecule has 1 atom stereocenters. The molecule has 1 aromatic carbocycles. The Morgan fingerprint density at radius 2 is 2.03 bits per heavy atom. The summed E-state index contributed by atoms with van der Waals surface area (Å²) < 4.78 is 0. The van der Waals surface area contributed by atoms with Crippen LogP contribution in [0, 0.1) is 5.92 Å². The number of halogens is 1. The van der Waals surface area contributed by atoms with Gasteiger partial charge in [-0.25, -0.2) is 15.0 Å². The second-order valence-corrected chi connectivity index (χ2v) is 11.5. The molecule has 204 valence electrons. The van der Waals surface area contributed by atoms with Crippen LogP contribution in [0.25, 0.3) is 22.1 Å². The topological polar surface area (TPSA) is 151 Å². The second kappa shape index (κ2) is 11.2. The lowest BCUT2D eigenvalue weighted by Crippen LogP contribution is -2.36. The van der Waals surface area contributed by atoms with Gasteiger partial charge in [-0.05, 0) is 74.7 Å². The quantitative estimate of drug-likeness (QED) is 0.246. The van der Waals surface area contributed by atoms with Crippen molar-refractivity contribution in [2.24, 2.45) is 11.7 Å². The van der Waals surface area contributed by atoms with Gasteiger partial charge in [-0.2, -0.15) is 0 Å². The van der Waals surface area contributed by atoms with E-state index >= 15 is 0 Å². The molecule has 6 rings (SSSR count). The SMILES string of the molecule is CCc1[nH]c2nc(Sc3ccc4nc(C(=O)NCC5CCNCC5)nnc4c3)nc(N3CC[C@H](N)C3)c2c1Cl. The number of anilines is 1. The molecule has 11 nitrogen and oxygen atoms in total. The number of H-pyrrole nitrogens is 1. The lowest BCUT2D eigenvalue weighted by molar-refractivity contribution is 0.0933. The van der Waals surface area contributed by atoms with Crippen LogP contribution in [-0.2, 0) is 6.42 Å². The van der Waals surface area contributed by atoms with Gasteiger partial charge in [0.1, 0.15) is 17.0 Å². The highest BCUT2D eigenvalue weighted by Gasteiger charge is 2.26. The molecule has 2 saturated heterocycles. The summed E-state index contributed by atoms with van der Waals surface area (Å²) in [6.45, 7) is 6.20. The van der Waals surface area contributed by atoms with Crippen molar-refractivity contribution in [1.82, 2.24) is 40.8 Å². The van der Waals surface area contributed by atoms with Gasteiger partial charge in [0, 0.05) is 36.3 Å². The Balaban J connectivity index is 1.23. The molecule has 1 amide bonds. The zero-order valence-corrected chi connectivity index (χ0v) is 23.3. The number of nitrogens with zero attached hydrogens (tertiary/aromatic N) is 6. The number of aromatic nitrogens is 6. The zero-order chi connectivity index (χ0) is 26.9. The molecule has 0 saturated carbocycles. The first-order valence-corrected chi connectivity index (χ1v) is 14.6. The van der Waals surface area contributed by atoms with Crippen LogP contribution in [0.2, 0.25) is 5.02 Å². The fraction of sp³-hybridized carbons (Fsp3) is 0.462. The van der Waals surface area contributed by atoms with Crippen molar-refractivity contribution >= 4 is 57.2 Å². The van der Waals surface area contributed by atoms with Crippen molar-refractivity contribution < 1.29 is 4.79 Å². The Bertz CT molecular complexity index is 1520. The van der Waals surface area contributed by atoms with E-state index in [9.17, 15) is 4.79 Å². The minimum atomic E-state index is -0.298. The molecule has 5 N–H and O–H groups in total. The first-order chi connectivity index (χ1) is 19.0. The predicted molar refractivity (Wildman–Crippen MR) is 152 cm³/mol. The van der Waals surface area contributed by atoms with Gasteiger partial charge in [-0.15, -0.1) is 10.2 Å². The predicted octanol–water partition coefficient (Wildman–Crippen LogP) is 2.93. The first-order valence-electron chi connectivity index (χ1n) is 13.4. The lowest BCUT2D eigenvalue weighted by Gasteiger charge is -2.22. The molecule has 2 aliphatic rings. The van der Waals surface area contributed by atoms with Crippen LogP contribution in [0.15, 0.2) is 28.3 Å². The Morgan fingerprint density at radius 1 is 1.18 bits per heavy atom. The average Bonchev–Trinajstić information content (AvgIpc) is 3.54. The number of piperidine rings is 1. The van der Waals surface area contributed by atoms with E-state index in [1.54, 1.807) is 0 Å². The Morgan fingerprint density at radius 3 is 2.79 bits per heavy atom. The number of hydrogen-bond acceptors (Lipinski definition) is 10. The fourth-order valence-corrected chi connectivity index (χ4v) is 6.29. The van der Waals surface area contributed by atoms with Crippen LogP contribution in [0.1, 0.15) is 42.5 Å². The molecule has 13 heteroatoms. The van der Waals surface area contributed by atoms with Crippen LogP contribution in [-0.4, -0.2) is 74.8 Å². The number of amides is 1. The van der Waals surface area contributed by atoms with Crippen LogP contribution >= 0.6 is 23.4 Å². The van der Waals surface area contributed by atoms with E-state index in [0.717, 1.165) is 73.7 Å². The summed E-state index contributed by atoms with van der Waals surface area (Å²) in [5, 5.41) is 16.8. The minimum Gasteiger partial charge on any atom is -0.354 e. The summed E-state index contributed by atoms with van der Waals surface area (Å²) in [5.74, 6) is 1.06. The number of aromatic amines is 1. The molecule has 2 aliphatic heterocycles. The van der Waals surface area contributed by atoms with E-state index in [4.69, 9.17) is 27.3 Å². The van der Waals surface area contributed by atoms with Crippen molar-refractivity contribution in [3.63, 3.8) is 0 Å². The maximum absolute atomic E-state index is 12.6. The highest BCUT2D eigenvalue weighted by molar-refractivity contribution is 7.99. The highest BCUT2D eigenvalue weighted by atomic mass is 35.5. The van der Waals surface area contributed by atoms with Gasteiger partial charge < -0.3 is 26.3 Å². The number of rotatable bonds is 7. The summed E-state index contributed by atoms with van der Waals surface area (Å²) >= 11 is 8.15. The number of benzene rings is 1. The van der Waals surface area contributed by atoms with Crippen LogP contribution in [0.4, 0.5) is 5.82 Å². The zero-order valence-electron chi connectivity index (χ0n) is 21.7. The average molecular weight is 567 g/mol. The molecule has 0 bridgehead atoms. The molecule has 3 aromatic heterocycles. The van der Waals surface area contributed by atoms with Gasteiger partial charge in [0.2, 0.25) is 5.82 Å². The molecular formula is C26H31ClN10OS. The van der Waals surface area contributed by atoms with Crippen LogP contribution < -0.4 is 21.3 Å². The summed E-state index contributed by atoms with van der Waals surface area (Å²) in [7, 11) is 0. The van der Waals surface area contributed by atoms with Gasteiger partial charge in [-0.3, -0.25) is 4.79 Å². The molecule has 0 radical (unpaired) electrons. The standard InChI is InChI=1S/C26H31ClN10OS/c1-2-17-21(27)20-22(31-17)33-26(34-24(20)37-10-7-15(28)13-37)39-16-3-4-18-19(11-16)35-36-23(32-18)25(38)30-12-14-5-8-29-9-6-14/h3-4,11,14-15,29H,2,5-10,12-13,28H2,1H3,(H,30,38)(H,31,33,34)/t15-/m0/s1. The normalized spacial score (nSPS) is 18.3. The van der Waals surface area contributed by atoms with Crippen molar-refractivity contribution in [3.05, 3.63) is 34.7 Å². The maximum atomic E-state index is 12.6. The Labute approximate surface area is 235 Å². The first kappa shape index (κ1) is 26.2. The molecule has 5 heterocycles. The Hall–Kier alpha value is -3.06. The van der Waals surface area contributed by atoms with Gasteiger partial charge in [0.15, 0.2) is 5.16 Å². The van der Waals surface area contributed by atoms with Crippen molar-refractivity contribution in [2.45, 2.75) is 48.7 Å². The monoisotopic (exact) mass is 566 g/mol. The van der Waals surface area contributed by atoms with Gasteiger partial charge in [0.05, 0.1) is 15.9 Å². The van der Waals surface area contributed by atoms with E-state index < -0.39 is 0 Å². The van der Waals surface area contributed by atoms with Crippen molar-refractivity contribution in [1.29, 1.82) is 0 Å². The van der Waals surface area contributed by atoms with E-state index in [-0.39, 0.29) is 17.8 Å². The van der Waals surface area contributed by atoms with Gasteiger partial charge in [0.25, 0.3) is 5.91 Å². The number of nitrogens with two attached hydrogens (primary N) is 1. The smallest absolute Gasteiger partial charge is 0.291 e. The van der Waals surface area contributed by atoms with Gasteiger partial charge >= 0.3 is 0 Å². The molecule has 2 fully saturated rings. The summed E-state index contributed by atoms with van der Waals surface area (Å²) in [6.07, 6.45) is 3.78. The largest absolute Gasteiger partial charge is 0.354 e. The van der Waals surface area contributed by atoms with E-state index in [0.29, 0.717) is 39.3 Å². The van der Waals surface area contributed by atoms with Gasteiger partial charge in [-0.1, -0.05) is 18.5 Å². The molecule has 0 aliphatic carbocycles. The summed E-state index contributed by atoms with van der Waals surface area (Å²) in [4.78, 5) is 33.2.